The molecule has 0 aliphatic rings. The van der Waals surface area contributed by atoms with Crippen molar-refractivity contribution in [2.75, 3.05) is 6.61 Å². The predicted molar refractivity (Wildman–Crippen MR) is 74.8 cm³/mol. The normalized spacial score (nSPS) is 11.9. The summed E-state index contributed by atoms with van der Waals surface area (Å²) in [5, 5.41) is 12.4. The van der Waals surface area contributed by atoms with Crippen molar-refractivity contribution in [3.05, 3.63) is 29.8 Å². The van der Waals surface area contributed by atoms with Crippen molar-refractivity contribution in [3.8, 4) is 5.75 Å². The number of hydrogen-bond donors (Lipinski definition) is 2. The Hall–Kier alpha value is -1.06. The van der Waals surface area contributed by atoms with Crippen LogP contribution in [-0.4, -0.2) is 23.4 Å². The van der Waals surface area contributed by atoms with Gasteiger partial charge in [-0.1, -0.05) is 12.1 Å². The molecule has 0 amide bonds. The lowest BCUT2D eigenvalue weighted by Gasteiger charge is -2.25. The van der Waals surface area contributed by atoms with Crippen LogP contribution in [0, 0.1) is 0 Å². The summed E-state index contributed by atoms with van der Waals surface area (Å²) < 4.78 is 5.60. The molecule has 0 fully saturated rings. The summed E-state index contributed by atoms with van der Waals surface area (Å²) in [5.41, 5.74) is 1.18. The summed E-state index contributed by atoms with van der Waals surface area (Å²) in [6.07, 6.45) is 0.958. The summed E-state index contributed by atoms with van der Waals surface area (Å²) in [6.45, 7) is 9.24. The van der Waals surface area contributed by atoms with Crippen molar-refractivity contribution >= 4 is 0 Å². The molecule has 1 aromatic carbocycles. The maximum absolute atomic E-state index is 8.96. The number of rotatable bonds is 7. The minimum absolute atomic E-state index is 0.0398. The van der Waals surface area contributed by atoms with Gasteiger partial charge in [0.15, 0.2) is 0 Å². The minimum atomic E-state index is -0.0398. The van der Waals surface area contributed by atoms with Gasteiger partial charge in [0.1, 0.15) is 5.75 Å². The van der Waals surface area contributed by atoms with Gasteiger partial charge in [-0.3, -0.25) is 0 Å². The highest BCUT2D eigenvalue weighted by Crippen LogP contribution is 2.15. The third-order valence-corrected chi connectivity index (χ3v) is 2.80. The molecule has 2 N–H and O–H groups in total. The Bertz CT molecular complexity index is 344. The number of ether oxygens (including phenoxy) is 1. The molecule has 0 bridgehead atoms. The van der Waals surface area contributed by atoms with Crippen LogP contribution in [0.25, 0.3) is 0 Å². The molecule has 0 heterocycles. The average molecular weight is 251 g/mol. The van der Waals surface area contributed by atoms with Gasteiger partial charge in [-0.15, -0.1) is 0 Å². The number of aliphatic hydroxyl groups is 1. The smallest absolute Gasteiger partial charge is 0.119 e. The Kier molecular flexibility index (Phi) is 5.63. The molecule has 1 rings (SSSR count). The van der Waals surface area contributed by atoms with Crippen LogP contribution < -0.4 is 10.1 Å². The molecule has 102 valence electrons. The fourth-order valence-electron chi connectivity index (χ4n) is 1.67. The third kappa shape index (κ3) is 5.52. The zero-order chi connectivity index (χ0) is 13.6. The lowest BCUT2D eigenvalue weighted by molar-refractivity contribution is 0.230. The Balaban J connectivity index is 2.48. The quantitative estimate of drug-likeness (QED) is 0.783. The molecule has 0 aliphatic carbocycles. The van der Waals surface area contributed by atoms with E-state index in [0.717, 1.165) is 18.7 Å². The zero-order valence-electron chi connectivity index (χ0n) is 11.9. The molecular weight excluding hydrogens is 226 g/mol. The number of hydrogen-bond acceptors (Lipinski definition) is 3. The highest BCUT2D eigenvalue weighted by atomic mass is 16.5. The first-order valence-corrected chi connectivity index (χ1v) is 6.54. The van der Waals surface area contributed by atoms with E-state index in [0.29, 0.717) is 0 Å². The van der Waals surface area contributed by atoms with Crippen molar-refractivity contribution in [2.45, 2.75) is 52.3 Å². The summed E-state index contributed by atoms with van der Waals surface area (Å²) in [6, 6.07) is 8.13. The Labute approximate surface area is 110 Å². The molecule has 0 saturated heterocycles. The fourth-order valence-corrected chi connectivity index (χ4v) is 1.67. The Morgan fingerprint density at radius 3 is 2.33 bits per heavy atom. The van der Waals surface area contributed by atoms with Crippen LogP contribution in [0.3, 0.4) is 0 Å². The van der Waals surface area contributed by atoms with E-state index in [-0.39, 0.29) is 18.2 Å². The van der Waals surface area contributed by atoms with E-state index >= 15 is 0 Å². The van der Waals surface area contributed by atoms with Crippen molar-refractivity contribution in [2.24, 2.45) is 0 Å². The maximum Gasteiger partial charge on any atom is 0.119 e. The second-order valence-electron chi connectivity index (χ2n) is 5.52. The van der Waals surface area contributed by atoms with Gasteiger partial charge in [0.25, 0.3) is 0 Å². The van der Waals surface area contributed by atoms with E-state index in [2.05, 4.69) is 31.3 Å². The van der Waals surface area contributed by atoms with Crippen molar-refractivity contribution in [1.29, 1.82) is 0 Å². The molecule has 0 aliphatic heterocycles. The highest BCUT2D eigenvalue weighted by Gasteiger charge is 2.15. The van der Waals surface area contributed by atoms with Crippen molar-refractivity contribution in [3.63, 3.8) is 0 Å². The van der Waals surface area contributed by atoms with Gasteiger partial charge < -0.3 is 15.2 Å². The summed E-state index contributed by atoms with van der Waals surface area (Å²) >= 11 is 0. The third-order valence-electron chi connectivity index (χ3n) is 2.80. The maximum atomic E-state index is 8.96. The van der Waals surface area contributed by atoms with Crippen LogP contribution in [0.5, 0.6) is 5.75 Å². The fraction of sp³-hybridized carbons (Fsp3) is 0.600. The molecule has 0 radical (unpaired) electrons. The number of benzene rings is 1. The first-order valence-electron chi connectivity index (χ1n) is 6.54. The molecule has 0 aromatic heterocycles. The molecule has 0 saturated carbocycles. The molecule has 18 heavy (non-hydrogen) atoms. The monoisotopic (exact) mass is 251 g/mol. The standard InChI is InChI=1S/C15H25NO2/c1-12(2)18-14-7-5-13(6-8-14)11-16-15(3,4)9-10-17/h5-8,12,16-17H,9-11H2,1-4H3. The van der Waals surface area contributed by atoms with Gasteiger partial charge in [0.2, 0.25) is 0 Å². The molecule has 3 nitrogen and oxygen atoms in total. The van der Waals surface area contributed by atoms with E-state index < -0.39 is 0 Å². The first kappa shape index (κ1) is 15.0. The molecule has 0 atom stereocenters. The van der Waals surface area contributed by atoms with Crippen LogP contribution in [0.1, 0.15) is 39.7 Å². The first-order chi connectivity index (χ1) is 8.43. The van der Waals surface area contributed by atoms with Gasteiger partial charge in [-0.2, -0.15) is 0 Å². The van der Waals surface area contributed by atoms with E-state index in [1.807, 2.05) is 26.0 Å². The van der Waals surface area contributed by atoms with Crippen molar-refractivity contribution in [1.82, 2.24) is 5.32 Å². The second kappa shape index (κ2) is 6.76. The summed E-state index contributed by atoms with van der Waals surface area (Å²) in [4.78, 5) is 0. The Morgan fingerprint density at radius 1 is 1.22 bits per heavy atom. The number of aliphatic hydroxyl groups excluding tert-OH is 1. The van der Waals surface area contributed by atoms with Gasteiger partial charge in [-0.05, 0) is 51.8 Å². The molecular formula is C15H25NO2. The van der Waals surface area contributed by atoms with Crippen LogP contribution in [0.15, 0.2) is 24.3 Å². The average Bonchev–Trinajstić information content (AvgIpc) is 2.27. The van der Waals surface area contributed by atoms with Crippen molar-refractivity contribution < 1.29 is 9.84 Å². The van der Waals surface area contributed by atoms with Gasteiger partial charge in [0.05, 0.1) is 6.10 Å². The summed E-state index contributed by atoms with van der Waals surface area (Å²) in [5.74, 6) is 0.906. The van der Waals surface area contributed by atoms with Gasteiger partial charge in [-0.25, -0.2) is 0 Å². The topological polar surface area (TPSA) is 41.5 Å². The zero-order valence-corrected chi connectivity index (χ0v) is 11.9. The van der Waals surface area contributed by atoms with Gasteiger partial charge in [0, 0.05) is 18.7 Å². The molecule has 0 unspecified atom stereocenters. The lowest BCUT2D eigenvalue weighted by atomic mass is 10.0. The predicted octanol–water partition coefficient (Wildman–Crippen LogP) is 2.72. The second-order valence-corrected chi connectivity index (χ2v) is 5.52. The largest absolute Gasteiger partial charge is 0.491 e. The minimum Gasteiger partial charge on any atom is -0.491 e. The SMILES string of the molecule is CC(C)Oc1ccc(CNC(C)(C)CCO)cc1. The van der Waals surface area contributed by atoms with Crippen LogP contribution in [0.4, 0.5) is 0 Å². The van der Waals surface area contributed by atoms with Gasteiger partial charge >= 0.3 is 0 Å². The molecule has 3 heteroatoms. The molecule has 1 aromatic rings. The van der Waals surface area contributed by atoms with E-state index in [9.17, 15) is 0 Å². The van der Waals surface area contributed by atoms with E-state index in [1.165, 1.54) is 5.56 Å². The van der Waals surface area contributed by atoms with Crippen LogP contribution in [0.2, 0.25) is 0 Å². The Morgan fingerprint density at radius 2 is 1.83 bits per heavy atom. The highest BCUT2D eigenvalue weighted by molar-refractivity contribution is 5.27. The van der Waals surface area contributed by atoms with Crippen LogP contribution >= 0.6 is 0 Å². The van der Waals surface area contributed by atoms with E-state index in [4.69, 9.17) is 9.84 Å². The van der Waals surface area contributed by atoms with Crippen LogP contribution in [-0.2, 0) is 6.54 Å². The molecule has 0 spiro atoms. The van der Waals surface area contributed by atoms with E-state index in [1.54, 1.807) is 0 Å². The number of nitrogens with one attached hydrogen (secondary N) is 1. The lowest BCUT2D eigenvalue weighted by Crippen LogP contribution is -2.39. The summed E-state index contributed by atoms with van der Waals surface area (Å²) in [7, 11) is 0.